The van der Waals surface area contributed by atoms with Crippen LogP contribution in [0.3, 0.4) is 0 Å². The summed E-state index contributed by atoms with van der Waals surface area (Å²) in [5, 5.41) is 0.579. The Bertz CT molecular complexity index is 1220. The lowest BCUT2D eigenvalue weighted by molar-refractivity contribution is -0.118. The number of rotatable bonds is 10. The van der Waals surface area contributed by atoms with Crippen LogP contribution in [-0.2, 0) is 14.6 Å². The first kappa shape index (κ1) is 25.3. The Morgan fingerprint density at radius 3 is 2.33 bits per heavy atom. The molecule has 0 aliphatic carbocycles. The summed E-state index contributed by atoms with van der Waals surface area (Å²) in [5.41, 5.74) is 3.07. The molecule has 3 rings (SSSR count). The van der Waals surface area contributed by atoms with Crippen molar-refractivity contribution in [2.45, 2.75) is 39.0 Å². The Balaban J connectivity index is 1.85. The quantitative estimate of drug-likeness (QED) is 0.388. The lowest BCUT2D eigenvalue weighted by Gasteiger charge is -2.24. The first-order chi connectivity index (χ1) is 15.7. The zero-order valence-electron chi connectivity index (χ0n) is 19.5. The number of nitrogens with zero attached hydrogens (tertiary/aromatic N) is 3. The molecule has 0 atom stereocenters. The number of halogens is 1. The van der Waals surface area contributed by atoms with Crippen molar-refractivity contribution < 1.29 is 17.6 Å². The molecule has 1 aromatic heterocycles. The maximum absolute atomic E-state index is 13.2. The van der Waals surface area contributed by atoms with Gasteiger partial charge < -0.3 is 4.90 Å². The summed E-state index contributed by atoms with van der Waals surface area (Å²) in [6, 6.07) is 8.72. The molecule has 0 fully saturated rings. The molecule has 0 spiro atoms. The van der Waals surface area contributed by atoms with Crippen molar-refractivity contribution in [2.24, 2.45) is 0 Å². The fourth-order valence-electron chi connectivity index (χ4n) is 3.55. The normalized spacial score (nSPS) is 11.9. The summed E-state index contributed by atoms with van der Waals surface area (Å²) < 4.78 is 39.5. The van der Waals surface area contributed by atoms with E-state index in [-0.39, 0.29) is 23.0 Å². The third-order valence-electron chi connectivity index (χ3n) is 5.90. The number of carbonyl (C=O) groups excluding carboxylic acids is 1. The number of sulfone groups is 1. The highest BCUT2D eigenvalue weighted by molar-refractivity contribution is 7.91. The minimum atomic E-state index is -3.71. The van der Waals surface area contributed by atoms with E-state index in [0.717, 1.165) is 46.6 Å². The van der Waals surface area contributed by atoms with Crippen LogP contribution in [0, 0.1) is 19.7 Å². The molecule has 6 nitrogen and oxygen atoms in total. The van der Waals surface area contributed by atoms with E-state index in [0.29, 0.717) is 18.2 Å². The van der Waals surface area contributed by atoms with E-state index < -0.39 is 15.7 Å². The van der Waals surface area contributed by atoms with Crippen molar-refractivity contribution in [2.75, 3.05) is 36.8 Å². The maximum Gasteiger partial charge on any atom is 0.229 e. The molecular weight excluding hydrogens is 461 g/mol. The standard InChI is InChI=1S/C24H30FN3O3S2/c1-5-27(6-2)14-15-28(24-26-23-18(4)17(3)7-12-21(23)32-24)22(29)13-16-33(30,31)20-10-8-19(25)9-11-20/h7-12H,5-6,13-16H2,1-4H3. The van der Waals surface area contributed by atoms with Gasteiger partial charge in [-0.2, -0.15) is 0 Å². The number of aromatic nitrogens is 1. The van der Waals surface area contributed by atoms with Gasteiger partial charge in [-0.3, -0.25) is 9.69 Å². The van der Waals surface area contributed by atoms with E-state index in [4.69, 9.17) is 4.98 Å². The van der Waals surface area contributed by atoms with Gasteiger partial charge in [-0.05, 0) is 68.4 Å². The van der Waals surface area contributed by atoms with Gasteiger partial charge in [0.05, 0.1) is 20.9 Å². The summed E-state index contributed by atoms with van der Waals surface area (Å²) in [6.07, 6.45) is -0.175. The van der Waals surface area contributed by atoms with Gasteiger partial charge in [0.25, 0.3) is 0 Å². The van der Waals surface area contributed by atoms with Crippen LogP contribution in [0.5, 0.6) is 0 Å². The van der Waals surface area contributed by atoms with Gasteiger partial charge in [-0.15, -0.1) is 0 Å². The third kappa shape index (κ3) is 5.96. The molecule has 178 valence electrons. The molecule has 0 bridgehead atoms. The predicted molar refractivity (Wildman–Crippen MR) is 132 cm³/mol. The monoisotopic (exact) mass is 491 g/mol. The van der Waals surface area contributed by atoms with Crippen molar-refractivity contribution in [1.82, 2.24) is 9.88 Å². The van der Waals surface area contributed by atoms with Gasteiger partial charge in [-0.1, -0.05) is 31.3 Å². The second-order valence-electron chi connectivity index (χ2n) is 7.95. The molecule has 0 aliphatic heterocycles. The molecule has 0 saturated heterocycles. The van der Waals surface area contributed by atoms with Crippen molar-refractivity contribution in [3.63, 3.8) is 0 Å². The average molecular weight is 492 g/mol. The number of thiazole rings is 1. The first-order valence-electron chi connectivity index (χ1n) is 11.0. The Kier molecular flexibility index (Phi) is 8.20. The third-order valence-corrected chi connectivity index (χ3v) is 8.67. The summed E-state index contributed by atoms with van der Waals surface area (Å²) in [7, 11) is -3.71. The first-order valence-corrected chi connectivity index (χ1v) is 13.5. The van der Waals surface area contributed by atoms with Crippen LogP contribution >= 0.6 is 11.3 Å². The van der Waals surface area contributed by atoms with Crippen LogP contribution in [-0.4, -0.2) is 56.1 Å². The lowest BCUT2D eigenvalue weighted by atomic mass is 10.1. The van der Waals surface area contributed by atoms with E-state index in [1.54, 1.807) is 4.90 Å². The number of aryl methyl sites for hydroxylation is 2. The largest absolute Gasteiger partial charge is 0.302 e. The van der Waals surface area contributed by atoms with E-state index >= 15 is 0 Å². The number of hydrogen-bond donors (Lipinski definition) is 0. The Labute approximate surface area is 199 Å². The van der Waals surface area contributed by atoms with Crippen LogP contribution in [0.25, 0.3) is 10.2 Å². The van der Waals surface area contributed by atoms with Crippen molar-refractivity contribution in [1.29, 1.82) is 0 Å². The molecule has 2 aromatic carbocycles. The van der Waals surface area contributed by atoms with Crippen LogP contribution in [0.1, 0.15) is 31.4 Å². The van der Waals surface area contributed by atoms with Crippen LogP contribution in [0.2, 0.25) is 0 Å². The fraction of sp³-hybridized carbons (Fsp3) is 0.417. The molecule has 0 unspecified atom stereocenters. The molecule has 1 heterocycles. The predicted octanol–water partition coefficient (Wildman–Crippen LogP) is 4.59. The second-order valence-corrected chi connectivity index (χ2v) is 11.1. The van der Waals surface area contributed by atoms with Gasteiger partial charge >= 0.3 is 0 Å². The highest BCUT2D eigenvalue weighted by atomic mass is 32.2. The highest BCUT2D eigenvalue weighted by Crippen LogP contribution is 2.32. The van der Waals surface area contributed by atoms with Crippen molar-refractivity contribution >= 4 is 42.4 Å². The second kappa shape index (κ2) is 10.7. The van der Waals surface area contributed by atoms with Crippen LogP contribution in [0.15, 0.2) is 41.3 Å². The molecule has 1 amide bonds. The summed E-state index contributed by atoms with van der Waals surface area (Å²) in [6.45, 7) is 11.0. The molecule has 0 saturated carbocycles. The molecule has 0 N–H and O–H groups in total. The molecular formula is C24H30FN3O3S2. The van der Waals surface area contributed by atoms with E-state index in [9.17, 15) is 17.6 Å². The molecule has 33 heavy (non-hydrogen) atoms. The van der Waals surface area contributed by atoms with E-state index in [1.165, 1.54) is 23.5 Å². The number of carbonyl (C=O) groups is 1. The Morgan fingerprint density at radius 1 is 1.03 bits per heavy atom. The molecule has 0 radical (unpaired) electrons. The van der Waals surface area contributed by atoms with E-state index in [2.05, 4.69) is 18.7 Å². The van der Waals surface area contributed by atoms with Crippen molar-refractivity contribution in [3.05, 3.63) is 53.3 Å². The van der Waals surface area contributed by atoms with Gasteiger partial charge in [0.2, 0.25) is 5.91 Å². The number of likely N-dealkylation sites (N-methyl/N-ethyl adjacent to an activating group) is 1. The van der Waals surface area contributed by atoms with Crippen LogP contribution < -0.4 is 4.90 Å². The minimum Gasteiger partial charge on any atom is -0.302 e. The van der Waals surface area contributed by atoms with Crippen molar-refractivity contribution in [3.8, 4) is 0 Å². The summed E-state index contributed by atoms with van der Waals surface area (Å²) in [5.74, 6) is -1.14. The summed E-state index contributed by atoms with van der Waals surface area (Å²) >= 11 is 1.44. The minimum absolute atomic E-state index is 0.0116. The number of fused-ring (bicyclic) bond motifs is 1. The average Bonchev–Trinajstić information content (AvgIpc) is 3.23. The Hall–Kier alpha value is -2.36. The zero-order chi connectivity index (χ0) is 24.2. The fourth-order valence-corrected chi connectivity index (χ4v) is 5.85. The van der Waals surface area contributed by atoms with Gasteiger partial charge in [0.1, 0.15) is 5.82 Å². The number of benzene rings is 2. The van der Waals surface area contributed by atoms with Crippen LogP contribution in [0.4, 0.5) is 9.52 Å². The summed E-state index contributed by atoms with van der Waals surface area (Å²) in [4.78, 5) is 21.8. The highest BCUT2D eigenvalue weighted by Gasteiger charge is 2.24. The lowest BCUT2D eigenvalue weighted by Crippen LogP contribution is -2.39. The van der Waals surface area contributed by atoms with Gasteiger partial charge in [0.15, 0.2) is 15.0 Å². The number of hydrogen-bond acceptors (Lipinski definition) is 6. The zero-order valence-corrected chi connectivity index (χ0v) is 21.1. The molecule has 0 aliphatic rings. The molecule has 3 aromatic rings. The maximum atomic E-state index is 13.2. The SMILES string of the molecule is CCN(CC)CCN(C(=O)CCS(=O)(=O)c1ccc(F)cc1)c1nc2c(C)c(C)ccc2s1. The smallest absolute Gasteiger partial charge is 0.229 e. The topological polar surface area (TPSA) is 70.6 Å². The number of amides is 1. The number of anilines is 1. The molecule has 9 heteroatoms. The van der Waals surface area contributed by atoms with Gasteiger partial charge in [-0.25, -0.2) is 17.8 Å². The van der Waals surface area contributed by atoms with E-state index in [1.807, 2.05) is 26.0 Å². The van der Waals surface area contributed by atoms with Gasteiger partial charge in [0, 0.05) is 19.5 Å². The Morgan fingerprint density at radius 2 is 1.70 bits per heavy atom.